The molecular weight excluding hydrogens is 478 g/mol. The topological polar surface area (TPSA) is 146 Å². The van der Waals surface area contributed by atoms with Gasteiger partial charge in [0.15, 0.2) is 0 Å². The molecule has 2 aliphatic heterocycles. The molecule has 0 radical (unpaired) electrons. The normalized spacial score (nSPS) is 29.9. The molecule has 0 aromatic heterocycles. The summed E-state index contributed by atoms with van der Waals surface area (Å²) in [6, 6.07) is -4.39. The highest BCUT2D eigenvalue weighted by molar-refractivity contribution is 8.76. The molecule has 192 valence electrons. The average Bonchev–Trinajstić information content (AvgIpc) is 2.72. The molecule has 2 fully saturated rings. The van der Waals surface area contributed by atoms with Gasteiger partial charge in [0.25, 0.3) is 0 Å². The van der Waals surface area contributed by atoms with Gasteiger partial charge in [0.2, 0.25) is 29.5 Å². The SMILES string of the molecule is CC(C)CC1NC(=O)C(C(C)C)NC(=O)C2CSSCC(NC(=O)C(C(C)C)NC1=O)C(=O)N2. The molecule has 5 atom stereocenters. The van der Waals surface area contributed by atoms with Crippen molar-refractivity contribution in [2.45, 2.75) is 78.2 Å². The van der Waals surface area contributed by atoms with Gasteiger partial charge in [-0.05, 0) is 24.2 Å². The molecule has 2 heterocycles. The smallest absolute Gasteiger partial charge is 0.244 e. The van der Waals surface area contributed by atoms with Crippen LogP contribution in [0, 0.1) is 17.8 Å². The summed E-state index contributed by atoms with van der Waals surface area (Å²) >= 11 is 0. The van der Waals surface area contributed by atoms with Gasteiger partial charge in [-0.1, -0.05) is 63.1 Å². The maximum atomic E-state index is 13.2. The molecule has 2 bridgehead atoms. The van der Waals surface area contributed by atoms with Crippen LogP contribution in [-0.2, 0) is 24.0 Å². The van der Waals surface area contributed by atoms with Gasteiger partial charge in [-0.3, -0.25) is 24.0 Å². The van der Waals surface area contributed by atoms with Gasteiger partial charge in [-0.15, -0.1) is 0 Å². The summed E-state index contributed by atoms with van der Waals surface area (Å²) in [5.41, 5.74) is 0. The molecular formula is C22H37N5O5S2. The minimum atomic E-state index is -0.892. The molecule has 0 aromatic rings. The Morgan fingerprint density at radius 1 is 0.618 bits per heavy atom. The van der Waals surface area contributed by atoms with Crippen molar-refractivity contribution < 1.29 is 24.0 Å². The van der Waals surface area contributed by atoms with E-state index in [0.717, 1.165) is 0 Å². The van der Waals surface area contributed by atoms with Crippen LogP contribution >= 0.6 is 21.6 Å². The van der Waals surface area contributed by atoms with Crippen LogP contribution in [0.1, 0.15) is 48.0 Å². The van der Waals surface area contributed by atoms with Crippen molar-refractivity contribution >= 4 is 51.1 Å². The molecule has 2 saturated heterocycles. The molecule has 34 heavy (non-hydrogen) atoms. The number of carbonyl (C=O) groups is 5. The van der Waals surface area contributed by atoms with E-state index in [1.165, 1.54) is 21.6 Å². The summed E-state index contributed by atoms with van der Waals surface area (Å²) in [6.07, 6.45) is 0.362. The molecule has 5 N–H and O–H groups in total. The lowest BCUT2D eigenvalue weighted by Crippen LogP contribution is -2.60. The Morgan fingerprint density at radius 2 is 1.03 bits per heavy atom. The van der Waals surface area contributed by atoms with Crippen LogP contribution < -0.4 is 26.6 Å². The zero-order valence-electron chi connectivity index (χ0n) is 20.6. The Morgan fingerprint density at radius 3 is 1.50 bits per heavy atom. The third kappa shape index (κ3) is 7.79. The number of amides is 5. The summed E-state index contributed by atoms with van der Waals surface area (Å²) in [6.45, 7) is 11.0. The fourth-order valence-corrected chi connectivity index (χ4v) is 6.00. The second-order valence-corrected chi connectivity index (χ2v) is 12.4. The fraction of sp³-hybridized carbons (Fsp3) is 0.773. The minimum absolute atomic E-state index is 0.0929. The molecule has 0 aliphatic carbocycles. The average molecular weight is 516 g/mol. The number of carbonyl (C=O) groups excluding carboxylic acids is 5. The molecule has 10 nitrogen and oxygen atoms in total. The summed E-state index contributed by atoms with van der Waals surface area (Å²) in [7, 11) is 2.79. The van der Waals surface area contributed by atoms with Gasteiger partial charge in [-0.2, -0.15) is 0 Å². The molecule has 2 rings (SSSR count). The molecule has 0 aromatic carbocycles. The quantitative estimate of drug-likeness (QED) is 0.336. The Kier molecular flexibility index (Phi) is 10.5. The Hall–Kier alpha value is -1.95. The summed E-state index contributed by atoms with van der Waals surface area (Å²) in [4.78, 5) is 65.3. The van der Waals surface area contributed by atoms with Crippen molar-refractivity contribution in [1.82, 2.24) is 26.6 Å². The predicted octanol–water partition coefficient (Wildman–Crippen LogP) is 0.177. The summed E-state index contributed by atoms with van der Waals surface area (Å²) in [5.74, 6) is -2.19. The number of fused-ring (bicyclic) bond motifs is 3. The van der Waals surface area contributed by atoms with E-state index in [-0.39, 0.29) is 17.8 Å². The Bertz CT molecular complexity index is 786. The van der Waals surface area contributed by atoms with Crippen molar-refractivity contribution in [3.8, 4) is 0 Å². The predicted molar refractivity (Wildman–Crippen MR) is 134 cm³/mol. The molecule has 5 unspecified atom stereocenters. The first kappa shape index (κ1) is 28.3. The lowest BCUT2D eigenvalue weighted by atomic mass is 9.98. The maximum absolute atomic E-state index is 13.2. The van der Waals surface area contributed by atoms with E-state index in [1.807, 2.05) is 13.8 Å². The van der Waals surface area contributed by atoms with E-state index in [9.17, 15) is 24.0 Å². The highest BCUT2D eigenvalue weighted by atomic mass is 33.1. The van der Waals surface area contributed by atoms with E-state index >= 15 is 0 Å². The largest absolute Gasteiger partial charge is 0.343 e. The van der Waals surface area contributed by atoms with Crippen LogP contribution in [0.5, 0.6) is 0 Å². The van der Waals surface area contributed by atoms with Crippen molar-refractivity contribution in [2.75, 3.05) is 11.5 Å². The van der Waals surface area contributed by atoms with E-state index < -0.39 is 59.7 Å². The van der Waals surface area contributed by atoms with Crippen molar-refractivity contribution in [3.63, 3.8) is 0 Å². The highest BCUT2D eigenvalue weighted by Crippen LogP contribution is 2.25. The van der Waals surface area contributed by atoms with Gasteiger partial charge >= 0.3 is 0 Å². The molecule has 2 aliphatic rings. The van der Waals surface area contributed by atoms with Crippen LogP contribution in [0.2, 0.25) is 0 Å². The first-order valence-corrected chi connectivity index (χ1v) is 14.2. The second-order valence-electron chi connectivity index (χ2n) is 9.84. The van der Waals surface area contributed by atoms with Gasteiger partial charge < -0.3 is 26.6 Å². The first-order valence-electron chi connectivity index (χ1n) is 11.7. The van der Waals surface area contributed by atoms with Gasteiger partial charge in [0, 0.05) is 11.5 Å². The van der Waals surface area contributed by atoms with Crippen LogP contribution in [0.4, 0.5) is 0 Å². The van der Waals surface area contributed by atoms with E-state index in [2.05, 4.69) is 26.6 Å². The van der Waals surface area contributed by atoms with Gasteiger partial charge in [-0.25, -0.2) is 0 Å². The number of hydrogen-bond donors (Lipinski definition) is 5. The molecule has 0 spiro atoms. The number of rotatable bonds is 4. The van der Waals surface area contributed by atoms with E-state index in [1.54, 1.807) is 27.7 Å². The Labute approximate surface area is 209 Å². The number of hydrogen-bond acceptors (Lipinski definition) is 7. The lowest BCUT2D eigenvalue weighted by molar-refractivity contribution is -0.135. The third-order valence-corrected chi connectivity index (χ3v) is 8.07. The van der Waals surface area contributed by atoms with Crippen LogP contribution in [0.15, 0.2) is 0 Å². The van der Waals surface area contributed by atoms with Crippen LogP contribution in [-0.4, -0.2) is 71.3 Å². The fourth-order valence-electron chi connectivity index (χ4n) is 3.67. The van der Waals surface area contributed by atoms with Crippen LogP contribution in [0.3, 0.4) is 0 Å². The van der Waals surface area contributed by atoms with E-state index in [4.69, 9.17) is 0 Å². The first-order chi connectivity index (χ1) is 15.9. The zero-order valence-corrected chi connectivity index (χ0v) is 22.2. The standard InChI is InChI=1S/C22H37N5O5S2/c1-10(2)7-13-18(28)26-17(12(5)6)22(32)25-14-8-33-34-9-15(24-19(14)29)20(30)27-16(11(3)4)21(31)23-13/h10-17H,7-9H2,1-6H3,(H,23,31)(H,24,29)(H,25,32)(H,26,28)(H,27,30). The highest BCUT2D eigenvalue weighted by Gasteiger charge is 2.37. The second kappa shape index (κ2) is 12.7. The molecule has 5 amide bonds. The van der Waals surface area contributed by atoms with Crippen molar-refractivity contribution in [3.05, 3.63) is 0 Å². The Balaban J connectivity index is 2.47. The third-order valence-electron chi connectivity index (χ3n) is 5.65. The summed E-state index contributed by atoms with van der Waals surface area (Å²) < 4.78 is 0. The summed E-state index contributed by atoms with van der Waals surface area (Å²) in [5, 5.41) is 13.7. The maximum Gasteiger partial charge on any atom is 0.244 e. The zero-order chi connectivity index (χ0) is 25.6. The van der Waals surface area contributed by atoms with E-state index in [0.29, 0.717) is 17.9 Å². The van der Waals surface area contributed by atoms with Crippen molar-refractivity contribution in [1.29, 1.82) is 0 Å². The van der Waals surface area contributed by atoms with Crippen LogP contribution in [0.25, 0.3) is 0 Å². The number of nitrogens with one attached hydrogen (secondary N) is 5. The van der Waals surface area contributed by atoms with Gasteiger partial charge in [0.1, 0.15) is 30.2 Å². The van der Waals surface area contributed by atoms with Gasteiger partial charge in [0.05, 0.1) is 0 Å². The minimum Gasteiger partial charge on any atom is -0.343 e. The monoisotopic (exact) mass is 515 g/mol. The molecule has 0 saturated carbocycles. The van der Waals surface area contributed by atoms with Crippen molar-refractivity contribution in [2.24, 2.45) is 17.8 Å². The lowest BCUT2D eigenvalue weighted by Gasteiger charge is -2.28. The molecule has 12 heteroatoms.